The SMILES string of the molecule is COCn1c(-c2cccc(-c3nc4ccccc4n3COC)n2)nc2ccccc21.[Cl-].[Cl-].[Cl-].[Nd+3]. The molecule has 0 spiro atoms. The van der Waals surface area contributed by atoms with Gasteiger partial charge in [0.25, 0.3) is 0 Å². The molecule has 1 radical (unpaired) electrons. The van der Waals surface area contributed by atoms with E-state index in [0.717, 1.165) is 45.1 Å². The van der Waals surface area contributed by atoms with Gasteiger partial charge in [-0.15, -0.1) is 0 Å². The van der Waals surface area contributed by atoms with Crippen LogP contribution < -0.4 is 37.2 Å². The summed E-state index contributed by atoms with van der Waals surface area (Å²) < 4.78 is 14.9. The van der Waals surface area contributed by atoms with Crippen molar-refractivity contribution in [3.8, 4) is 23.0 Å². The molecule has 5 rings (SSSR count). The Hall–Kier alpha value is -1.33. The molecule has 3 heterocycles. The van der Waals surface area contributed by atoms with E-state index < -0.39 is 0 Å². The van der Waals surface area contributed by atoms with Gasteiger partial charge in [0.2, 0.25) is 0 Å². The van der Waals surface area contributed by atoms with E-state index in [4.69, 9.17) is 24.4 Å². The summed E-state index contributed by atoms with van der Waals surface area (Å²) in [6, 6.07) is 21.9. The van der Waals surface area contributed by atoms with Gasteiger partial charge >= 0.3 is 40.8 Å². The average Bonchev–Trinajstić information content (AvgIpc) is 3.34. The third kappa shape index (κ3) is 5.73. The molecule has 5 aromatic rings. The van der Waals surface area contributed by atoms with E-state index in [1.807, 2.05) is 75.9 Å². The Labute approximate surface area is 249 Å². The molecule has 0 atom stereocenters. The molecule has 0 saturated heterocycles. The van der Waals surface area contributed by atoms with Crippen LogP contribution in [0.25, 0.3) is 45.1 Å². The predicted molar refractivity (Wildman–Crippen MR) is 116 cm³/mol. The largest absolute Gasteiger partial charge is 3.00 e. The maximum atomic E-state index is 5.42. The van der Waals surface area contributed by atoms with Crippen molar-refractivity contribution >= 4 is 22.1 Å². The second kappa shape index (κ2) is 13.7. The first-order valence-electron chi connectivity index (χ1n) is 9.66. The molecule has 34 heavy (non-hydrogen) atoms. The summed E-state index contributed by atoms with van der Waals surface area (Å²) in [5, 5.41) is 0. The van der Waals surface area contributed by atoms with Crippen LogP contribution in [0, 0.1) is 40.8 Å². The maximum absolute atomic E-state index is 5.42. The fraction of sp³-hybridized carbons (Fsp3) is 0.174. The molecular weight excluding hydrogens is 629 g/mol. The topological polar surface area (TPSA) is 67.0 Å². The van der Waals surface area contributed by atoms with Crippen LogP contribution in [-0.4, -0.2) is 38.3 Å². The average molecular weight is 650 g/mol. The number of methoxy groups -OCH3 is 2. The minimum Gasteiger partial charge on any atom is -1.00 e. The van der Waals surface area contributed by atoms with E-state index in [2.05, 4.69) is 0 Å². The van der Waals surface area contributed by atoms with Gasteiger partial charge in [0, 0.05) is 14.2 Å². The van der Waals surface area contributed by atoms with E-state index in [1.165, 1.54) is 0 Å². The van der Waals surface area contributed by atoms with Crippen molar-refractivity contribution in [1.29, 1.82) is 0 Å². The van der Waals surface area contributed by atoms with E-state index >= 15 is 0 Å². The molecule has 0 N–H and O–H groups in total. The fourth-order valence-corrected chi connectivity index (χ4v) is 3.75. The number of nitrogens with zero attached hydrogens (tertiary/aromatic N) is 5. The number of hydrogen-bond acceptors (Lipinski definition) is 5. The van der Waals surface area contributed by atoms with Crippen molar-refractivity contribution in [2.75, 3.05) is 14.2 Å². The smallest absolute Gasteiger partial charge is 1.00 e. The normalized spacial score (nSPS) is 10.2. The zero-order valence-electron chi connectivity index (χ0n) is 18.5. The number of benzene rings is 2. The van der Waals surface area contributed by atoms with Gasteiger partial charge in [-0.25, -0.2) is 15.0 Å². The standard InChI is InChI=1S/C23H21N5O2.3ClH.Nd/c1-29-14-27-20-12-5-3-8-16(20)25-22(27)18-10-7-11-19(24-18)23-26-17-9-4-6-13-21(17)28(23)15-30-2;;;;/h3-13H,14-15H2,1-2H3;3*1H;/q;;;;+3/p-3. The zero-order valence-corrected chi connectivity index (χ0v) is 23.9. The molecule has 0 unspecified atom stereocenters. The quantitative estimate of drug-likeness (QED) is 0.185. The molecule has 11 heteroatoms. The number of ether oxygens (including phenoxy) is 2. The van der Waals surface area contributed by atoms with Gasteiger partial charge in [-0.3, -0.25) is 9.13 Å². The third-order valence-corrected chi connectivity index (χ3v) is 5.03. The van der Waals surface area contributed by atoms with E-state index in [0.29, 0.717) is 13.5 Å². The molecule has 3 aromatic heterocycles. The van der Waals surface area contributed by atoms with Gasteiger partial charge in [-0.2, -0.15) is 0 Å². The Morgan fingerprint density at radius 1 is 0.588 bits per heavy atom. The molecule has 0 aliphatic heterocycles. The van der Waals surface area contributed by atoms with Crippen molar-refractivity contribution in [3.63, 3.8) is 0 Å². The Kier molecular flexibility index (Phi) is 12.4. The van der Waals surface area contributed by atoms with Gasteiger partial charge in [0.05, 0.1) is 22.1 Å². The molecule has 0 bridgehead atoms. The van der Waals surface area contributed by atoms with Crippen molar-refractivity contribution in [1.82, 2.24) is 24.1 Å². The summed E-state index contributed by atoms with van der Waals surface area (Å²) >= 11 is 0. The number of aromatic nitrogens is 5. The summed E-state index contributed by atoms with van der Waals surface area (Å²) in [7, 11) is 3.35. The molecule has 175 valence electrons. The summed E-state index contributed by atoms with van der Waals surface area (Å²) in [5.41, 5.74) is 5.35. The van der Waals surface area contributed by atoms with Crippen LogP contribution in [0.3, 0.4) is 0 Å². The molecule has 0 saturated carbocycles. The summed E-state index contributed by atoms with van der Waals surface area (Å²) in [4.78, 5) is 14.5. The number of fused-ring (bicyclic) bond motifs is 2. The first kappa shape index (κ1) is 30.7. The molecule has 0 amide bonds. The van der Waals surface area contributed by atoms with Crippen LogP contribution in [0.4, 0.5) is 0 Å². The van der Waals surface area contributed by atoms with Crippen LogP contribution in [0.5, 0.6) is 0 Å². The van der Waals surface area contributed by atoms with Crippen LogP contribution in [-0.2, 0) is 22.9 Å². The van der Waals surface area contributed by atoms with Gasteiger partial charge in [-0.1, -0.05) is 30.3 Å². The minimum absolute atomic E-state index is 0. The molecular formula is C23H21Cl3N5NdO2. The monoisotopic (exact) mass is 646 g/mol. The van der Waals surface area contributed by atoms with E-state index in [1.54, 1.807) is 14.2 Å². The molecule has 7 nitrogen and oxygen atoms in total. The Morgan fingerprint density at radius 2 is 1.00 bits per heavy atom. The second-order valence-corrected chi connectivity index (χ2v) is 6.95. The third-order valence-electron chi connectivity index (χ3n) is 5.03. The van der Waals surface area contributed by atoms with Crippen LogP contribution in [0.2, 0.25) is 0 Å². The maximum Gasteiger partial charge on any atom is 3.00 e. The summed E-state index contributed by atoms with van der Waals surface area (Å²) in [6.07, 6.45) is 0. The molecule has 0 fully saturated rings. The Bertz CT molecular complexity index is 1260. The second-order valence-electron chi connectivity index (χ2n) is 6.95. The summed E-state index contributed by atoms with van der Waals surface area (Å²) in [6.45, 7) is 0.786. The minimum atomic E-state index is 0. The Morgan fingerprint density at radius 3 is 1.41 bits per heavy atom. The van der Waals surface area contributed by atoms with Crippen LogP contribution in [0.15, 0.2) is 66.7 Å². The van der Waals surface area contributed by atoms with E-state index in [9.17, 15) is 0 Å². The number of imidazole rings is 2. The summed E-state index contributed by atoms with van der Waals surface area (Å²) in [5.74, 6) is 1.52. The number of hydrogen-bond donors (Lipinski definition) is 0. The number of pyridine rings is 1. The molecule has 0 aliphatic carbocycles. The van der Waals surface area contributed by atoms with Gasteiger partial charge in [0.1, 0.15) is 24.8 Å². The number of para-hydroxylation sites is 4. The van der Waals surface area contributed by atoms with Gasteiger partial charge in [-0.05, 0) is 36.4 Å². The van der Waals surface area contributed by atoms with Gasteiger partial charge in [0.15, 0.2) is 11.6 Å². The molecule has 0 aliphatic rings. The number of halogens is 3. The van der Waals surface area contributed by atoms with Crippen molar-refractivity contribution in [3.05, 3.63) is 66.7 Å². The first-order chi connectivity index (χ1) is 14.8. The van der Waals surface area contributed by atoms with E-state index in [-0.39, 0.29) is 78.1 Å². The van der Waals surface area contributed by atoms with Crippen molar-refractivity contribution in [2.45, 2.75) is 13.5 Å². The Balaban J connectivity index is 0.00000144. The fourth-order valence-electron chi connectivity index (χ4n) is 3.75. The van der Waals surface area contributed by atoms with Crippen molar-refractivity contribution < 1.29 is 87.5 Å². The number of rotatable bonds is 6. The van der Waals surface area contributed by atoms with Crippen LogP contribution >= 0.6 is 0 Å². The van der Waals surface area contributed by atoms with Crippen LogP contribution in [0.1, 0.15) is 0 Å². The molecule has 2 aromatic carbocycles. The predicted octanol–water partition coefficient (Wildman–Crippen LogP) is -4.67. The first-order valence-corrected chi connectivity index (χ1v) is 9.66. The van der Waals surface area contributed by atoms with Crippen molar-refractivity contribution in [2.24, 2.45) is 0 Å². The zero-order chi connectivity index (χ0) is 20.5. The van der Waals surface area contributed by atoms with Gasteiger partial charge < -0.3 is 46.7 Å².